The predicted octanol–water partition coefficient (Wildman–Crippen LogP) is 4.28. The minimum atomic E-state index is -1.29. The van der Waals surface area contributed by atoms with Crippen molar-refractivity contribution >= 4 is 29.8 Å². The van der Waals surface area contributed by atoms with Crippen LogP contribution in [0.25, 0.3) is 0 Å². The Hall–Kier alpha value is -2.88. The van der Waals surface area contributed by atoms with Crippen molar-refractivity contribution in [1.82, 2.24) is 5.32 Å². The molecule has 1 unspecified atom stereocenters. The van der Waals surface area contributed by atoms with Crippen LogP contribution in [0.15, 0.2) is 35.2 Å². The van der Waals surface area contributed by atoms with E-state index >= 15 is 0 Å². The molecular formula is C17H13F3N2O4S. The number of amides is 2. The van der Waals surface area contributed by atoms with Gasteiger partial charge in [-0.15, -0.1) is 0 Å². The van der Waals surface area contributed by atoms with Crippen molar-refractivity contribution in [3.05, 3.63) is 53.1 Å². The fourth-order valence-electron chi connectivity index (χ4n) is 2.80. The van der Waals surface area contributed by atoms with E-state index in [4.69, 9.17) is 9.84 Å². The van der Waals surface area contributed by atoms with Gasteiger partial charge in [-0.1, -0.05) is 0 Å². The Morgan fingerprint density at radius 3 is 2.63 bits per heavy atom. The van der Waals surface area contributed by atoms with Gasteiger partial charge in [0.1, 0.15) is 5.75 Å². The molecule has 0 radical (unpaired) electrons. The van der Waals surface area contributed by atoms with Gasteiger partial charge in [0.25, 0.3) is 5.91 Å². The number of carboxylic acid groups (broad SMARTS) is 1. The van der Waals surface area contributed by atoms with Gasteiger partial charge in [-0.3, -0.25) is 4.79 Å². The zero-order valence-electron chi connectivity index (χ0n) is 13.6. The second kappa shape index (κ2) is 7.78. The molecule has 1 aliphatic rings. The summed E-state index contributed by atoms with van der Waals surface area (Å²) in [5.41, 5.74) is 0.256. The van der Waals surface area contributed by atoms with E-state index in [9.17, 15) is 22.3 Å². The number of benzene rings is 2. The van der Waals surface area contributed by atoms with Crippen LogP contribution in [0.2, 0.25) is 0 Å². The molecule has 0 fully saturated rings. The summed E-state index contributed by atoms with van der Waals surface area (Å²) in [6.45, 7) is 0.115. The molecule has 10 heteroatoms. The molecule has 0 bridgehead atoms. The van der Waals surface area contributed by atoms with Crippen molar-refractivity contribution in [2.75, 3.05) is 11.9 Å². The van der Waals surface area contributed by atoms with Gasteiger partial charge in [0.15, 0.2) is 11.6 Å². The molecule has 142 valence electrons. The summed E-state index contributed by atoms with van der Waals surface area (Å²) in [5.74, 6) is -2.83. The highest BCUT2D eigenvalue weighted by atomic mass is 32.2. The van der Waals surface area contributed by atoms with Crippen LogP contribution in [0.4, 0.5) is 23.1 Å². The number of halogens is 3. The van der Waals surface area contributed by atoms with Crippen molar-refractivity contribution in [2.24, 2.45) is 0 Å². The van der Waals surface area contributed by atoms with E-state index in [0.717, 1.165) is 12.1 Å². The molecule has 1 aliphatic heterocycles. The Bertz CT molecular complexity index is 910. The molecule has 2 amide bonds. The number of hydrogen-bond donors (Lipinski definition) is 3. The van der Waals surface area contributed by atoms with E-state index in [1.807, 2.05) is 0 Å². The van der Waals surface area contributed by atoms with Gasteiger partial charge in [0.05, 0.1) is 30.4 Å². The summed E-state index contributed by atoms with van der Waals surface area (Å²) in [6, 6.07) is 4.77. The maximum atomic E-state index is 13.3. The molecule has 27 heavy (non-hydrogen) atoms. The van der Waals surface area contributed by atoms with E-state index in [1.54, 1.807) is 0 Å². The topological polar surface area (TPSA) is 87.7 Å². The summed E-state index contributed by atoms with van der Waals surface area (Å²) < 4.78 is 45.1. The molecule has 0 aromatic heterocycles. The fourth-order valence-corrected chi connectivity index (χ4v) is 3.24. The maximum absolute atomic E-state index is 13.3. The largest absolute Gasteiger partial charge is 0.492 e. The average molecular weight is 398 g/mol. The first kappa shape index (κ1) is 18.9. The molecule has 1 heterocycles. The van der Waals surface area contributed by atoms with E-state index in [0.29, 0.717) is 0 Å². The maximum Gasteiger partial charge on any atom is 0.405 e. The lowest BCUT2D eigenvalue weighted by Crippen LogP contribution is -2.32. The van der Waals surface area contributed by atoms with E-state index in [1.165, 1.54) is 18.2 Å². The summed E-state index contributed by atoms with van der Waals surface area (Å²) in [6.07, 6.45) is -1.03. The van der Waals surface area contributed by atoms with Crippen molar-refractivity contribution in [2.45, 2.75) is 17.4 Å². The number of carbonyl (C=O) groups excluding carboxylic acids is 1. The van der Waals surface area contributed by atoms with Gasteiger partial charge in [-0.2, -0.15) is 3.89 Å². The first-order valence-corrected chi connectivity index (χ1v) is 8.46. The van der Waals surface area contributed by atoms with Gasteiger partial charge in [-0.05, 0) is 24.3 Å². The standard InChI is InChI=1S/C17H13F3N2O4S/c18-10-3-1-8(7-11(10)19)21-16(23)9-2-4-13(27-20)14-12(22-17(24)25)5-6-26-15(9)14/h1-4,7,12,22H,5-6H2,(H,21,23)(H,24,25). The van der Waals surface area contributed by atoms with Crippen LogP contribution >= 0.6 is 12.1 Å². The van der Waals surface area contributed by atoms with Crippen LogP contribution in [0.1, 0.15) is 28.4 Å². The van der Waals surface area contributed by atoms with E-state index in [-0.39, 0.29) is 52.6 Å². The van der Waals surface area contributed by atoms with E-state index < -0.39 is 29.7 Å². The quantitative estimate of drug-likeness (QED) is 0.715. The van der Waals surface area contributed by atoms with Crippen molar-refractivity contribution in [1.29, 1.82) is 0 Å². The van der Waals surface area contributed by atoms with Gasteiger partial charge in [0.2, 0.25) is 0 Å². The lowest BCUT2D eigenvalue weighted by atomic mass is 9.97. The highest BCUT2D eigenvalue weighted by Gasteiger charge is 2.30. The normalized spacial score (nSPS) is 15.4. The van der Waals surface area contributed by atoms with Crippen LogP contribution in [0.3, 0.4) is 0 Å². The van der Waals surface area contributed by atoms with Crippen LogP contribution in [0, 0.1) is 11.6 Å². The fraction of sp³-hybridized carbons (Fsp3) is 0.176. The van der Waals surface area contributed by atoms with Crippen molar-refractivity contribution in [3.63, 3.8) is 0 Å². The smallest absolute Gasteiger partial charge is 0.405 e. The lowest BCUT2D eigenvalue weighted by Gasteiger charge is -2.28. The summed E-state index contributed by atoms with van der Waals surface area (Å²) in [5, 5.41) is 13.7. The zero-order valence-corrected chi connectivity index (χ0v) is 14.4. The molecule has 3 N–H and O–H groups in total. The third-order valence-corrected chi connectivity index (χ3v) is 4.48. The molecule has 2 aromatic carbocycles. The summed E-state index contributed by atoms with van der Waals surface area (Å²) >= 11 is -0.0937. The molecule has 3 rings (SSSR count). The van der Waals surface area contributed by atoms with Crippen LogP contribution in [0.5, 0.6) is 5.75 Å². The number of nitrogens with one attached hydrogen (secondary N) is 2. The Balaban J connectivity index is 1.97. The Kier molecular flexibility index (Phi) is 5.45. The average Bonchev–Trinajstić information content (AvgIpc) is 2.63. The summed E-state index contributed by atoms with van der Waals surface area (Å²) in [4.78, 5) is 23.7. The summed E-state index contributed by atoms with van der Waals surface area (Å²) in [7, 11) is 0. The van der Waals surface area contributed by atoms with Crippen LogP contribution in [-0.2, 0) is 0 Å². The SMILES string of the molecule is O=C(O)NC1CCOc2c(C(=O)Nc3ccc(F)c(F)c3)ccc(SF)c21. The molecule has 0 aliphatic carbocycles. The lowest BCUT2D eigenvalue weighted by molar-refractivity contribution is 0.102. The second-order valence-corrected chi connectivity index (χ2v) is 6.25. The highest BCUT2D eigenvalue weighted by molar-refractivity contribution is 7.94. The molecule has 0 saturated heterocycles. The highest BCUT2D eigenvalue weighted by Crippen LogP contribution is 2.42. The molecule has 1 atom stereocenters. The van der Waals surface area contributed by atoms with Crippen molar-refractivity contribution < 1.29 is 32.1 Å². The molecular weight excluding hydrogens is 385 g/mol. The monoisotopic (exact) mass is 398 g/mol. The number of ether oxygens (including phenoxy) is 1. The number of anilines is 1. The third-order valence-electron chi connectivity index (χ3n) is 3.96. The first-order chi connectivity index (χ1) is 12.9. The number of carbonyl (C=O) groups is 2. The minimum absolute atomic E-state index is 0.0180. The molecule has 0 spiro atoms. The first-order valence-electron chi connectivity index (χ1n) is 7.75. The number of rotatable bonds is 4. The Labute approximate surface area is 156 Å². The number of hydrogen-bond acceptors (Lipinski definition) is 4. The predicted molar refractivity (Wildman–Crippen MR) is 91.7 cm³/mol. The second-order valence-electron chi connectivity index (χ2n) is 5.65. The molecule has 0 saturated carbocycles. The van der Waals surface area contributed by atoms with E-state index in [2.05, 4.69) is 10.6 Å². The van der Waals surface area contributed by atoms with Crippen LogP contribution in [-0.4, -0.2) is 23.7 Å². The van der Waals surface area contributed by atoms with Gasteiger partial charge in [0, 0.05) is 28.6 Å². The van der Waals surface area contributed by atoms with Crippen LogP contribution < -0.4 is 15.4 Å². The molecule has 6 nitrogen and oxygen atoms in total. The third kappa shape index (κ3) is 3.95. The van der Waals surface area contributed by atoms with Crippen molar-refractivity contribution in [3.8, 4) is 5.75 Å². The van der Waals surface area contributed by atoms with Gasteiger partial charge >= 0.3 is 6.09 Å². The zero-order chi connectivity index (χ0) is 19.6. The van der Waals surface area contributed by atoms with Gasteiger partial charge < -0.3 is 20.5 Å². The molecule has 2 aromatic rings. The minimum Gasteiger partial charge on any atom is -0.492 e. The number of fused-ring (bicyclic) bond motifs is 1. The van der Waals surface area contributed by atoms with Gasteiger partial charge in [-0.25, -0.2) is 13.6 Å². The Morgan fingerprint density at radius 1 is 1.19 bits per heavy atom. The Morgan fingerprint density at radius 2 is 1.96 bits per heavy atom.